The van der Waals surface area contributed by atoms with Crippen LogP contribution in [-0.2, 0) is 15.7 Å². The van der Waals surface area contributed by atoms with Crippen molar-refractivity contribution in [3.05, 3.63) is 53.3 Å². The fraction of sp³-hybridized carbons (Fsp3) is 0.176. The molecule has 0 fully saturated rings. The van der Waals surface area contributed by atoms with Gasteiger partial charge >= 0.3 is 12.1 Å². The average Bonchev–Trinajstić information content (AvgIpc) is 3.00. The van der Waals surface area contributed by atoms with E-state index in [9.17, 15) is 18.0 Å². The van der Waals surface area contributed by atoms with Gasteiger partial charge in [-0.05, 0) is 31.2 Å². The van der Waals surface area contributed by atoms with Crippen LogP contribution in [0.4, 0.5) is 13.2 Å². The van der Waals surface area contributed by atoms with Gasteiger partial charge in [0.15, 0.2) is 0 Å². The number of halogens is 3. The zero-order chi connectivity index (χ0) is 17.7. The van der Waals surface area contributed by atoms with E-state index >= 15 is 0 Å². The standard InChI is InChI=1S/C17H12F3NO3/c1-2-23-16(22)12(10-21)9-14-6-7-15(24-14)11-4-3-5-13(8-11)17(18,19)20/h3-9H,2H2,1H3/b12-9-. The maximum absolute atomic E-state index is 12.7. The molecule has 0 aliphatic heterocycles. The lowest BCUT2D eigenvalue weighted by molar-refractivity contribution is -0.138. The Hall–Kier alpha value is -3.01. The van der Waals surface area contributed by atoms with Crippen LogP contribution >= 0.6 is 0 Å². The maximum atomic E-state index is 12.7. The number of esters is 1. The number of hydrogen-bond acceptors (Lipinski definition) is 4. The average molecular weight is 335 g/mol. The molecule has 0 spiro atoms. The Kier molecular flexibility index (Phi) is 5.09. The molecule has 2 aromatic rings. The largest absolute Gasteiger partial charge is 0.462 e. The summed E-state index contributed by atoms with van der Waals surface area (Å²) in [7, 11) is 0. The minimum Gasteiger partial charge on any atom is -0.462 e. The van der Waals surface area contributed by atoms with Gasteiger partial charge in [-0.2, -0.15) is 18.4 Å². The molecule has 0 N–H and O–H groups in total. The van der Waals surface area contributed by atoms with Crippen molar-refractivity contribution >= 4 is 12.0 Å². The summed E-state index contributed by atoms with van der Waals surface area (Å²) in [5.74, 6) is -0.447. The summed E-state index contributed by atoms with van der Waals surface area (Å²) >= 11 is 0. The molecule has 0 aliphatic rings. The van der Waals surface area contributed by atoms with Crippen LogP contribution in [-0.4, -0.2) is 12.6 Å². The third kappa shape index (κ3) is 4.04. The van der Waals surface area contributed by atoms with E-state index < -0.39 is 17.7 Å². The molecular weight excluding hydrogens is 323 g/mol. The van der Waals surface area contributed by atoms with E-state index in [0.717, 1.165) is 12.1 Å². The minimum atomic E-state index is -4.46. The van der Waals surface area contributed by atoms with Crippen LogP contribution in [0.5, 0.6) is 0 Å². The van der Waals surface area contributed by atoms with Crippen molar-refractivity contribution in [2.24, 2.45) is 0 Å². The molecule has 0 radical (unpaired) electrons. The maximum Gasteiger partial charge on any atom is 0.416 e. The summed E-state index contributed by atoms with van der Waals surface area (Å²) < 4.78 is 48.3. The number of nitriles is 1. The molecular formula is C17H12F3NO3. The molecule has 1 aromatic carbocycles. The van der Waals surface area contributed by atoms with E-state index in [4.69, 9.17) is 14.4 Å². The van der Waals surface area contributed by atoms with Crippen LogP contribution < -0.4 is 0 Å². The van der Waals surface area contributed by atoms with Crippen LogP contribution in [0, 0.1) is 11.3 Å². The second-order valence-corrected chi connectivity index (χ2v) is 4.67. The SMILES string of the molecule is CCOC(=O)/C(C#N)=C\c1ccc(-c2cccc(C(F)(F)F)c2)o1. The van der Waals surface area contributed by atoms with Crippen molar-refractivity contribution < 1.29 is 27.1 Å². The van der Waals surface area contributed by atoms with Crippen molar-refractivity contribution in [2.45, 2.75) is 13.1 Å². The summed E-state index contributed by atoms with van der Waals surface area (Å²) in [5.41, 5.74) is -0.821. The number of nitrogens with zero attached hydrogens (tertiary/aromatic N) is 1. The number of benzene rings is 1. The third-order valence-electron chi connectivity index (χ3n) is 3.00. The number of ether oxygens (including phenoxy) is 1. The molecule has 4 nitrogen and oxygen atoms in total. The van der Waals surface area contributed by atoms with Gasteiger partial charge in [-0.15, -0.1) is 0 Å². The predicted octanol–water partition coefficient (Wildman–Crippen LogP) is 4.44. The normalized spacial score (nSPS) is 11.9. The Balaban J connectivity index is 2.31. The minimum absolute atomic E-state index is 0.117. The molecule has 1 aromatic heterocycles. The number of carbonyl (C=O) groups excluding carboxylic acids is 1. The van der Waals surface area contributed by atoms with E-state index in [2.05, 4.69) is 0 Å². The third-order valence-corrected chi connectivity index (χ3v) is 3.00. The van der Waals surface area contributed by atoms with Gasteiger partial charge in [0, 0.05) is 11.6 Å². The summed E-state index contributed by atoms with van der Waals surface area (Å²) in [6.45, 7) is 1.72. The van der Waals surface area contributed by atoms with Crippen molar-refractivity contribution in [1.29, 1.82) is 5.26 Å². The number of carbonyl (C=O) groups is 1. The van der Waals surface area contributed by atoms with Crippen molar-refractivity contribution in [3.63, 3.8) is 0 Å². The van der Waals surface area contributed by atoms with Gasteiger partial charge in [-0.25, -0.2) is 4.79 Å². The molecule has 7 heteroatoms. The zero-order valence-corrected chi connectivity index (χ0v) is 12.6. The molecule has 2 rings (SSSR count). The highest BCUT2D eigenvalue weighted by Gasteiger charge is 2.30. The van der Waals surface area contributed by atoms with Gasteiger partial charge in [-0.3, -0.25) is 0 Å². The Morgan fingerprint density at radius 1 is 1.33 bits per heavy atom. The Labute approximate surface area is 135 Å². The highest BCUT2D eigenvalue weighted by atomic mass is 19.4. The Bertz CT molecular complexity index is 813. The van der Waals surface area contributed by atoms with E-state index in [0.29, 0.717) is 0 Å². The van der Waals surface area contributed by atoms with Crippen LogP contribution in [0.2, 0.25) is 0 Å². The number of alkyl halides is 3. The molecule has 0 aliphatic carbocycles. The summed E-state index contributed by atoms with van der Waals surface area (Å²) in [5, 5.41) is 8.95. The molecule has 0 atom stereocenters. The van der Waals surface area contributed by atoms with Gasteiger partial charge < -0.3 is 9.15 Å². The number of rotatable bonds is 4. The first-order valence-corrected chi connectivity index (χ1v) is 6.91. The van der Waals surface area contributed by atoms with Crippen molar-refractivity contribution in [1.82, 2.24) is 0 Å². The molecule has 0 amide bonds. The summed E-state index contributed by atoms with van der Waals surface area (Å²) in [6, 6.07) is 9.27. The van der Waals surface area contributed by atoms with E-state index in [1.54, 1.807) is 13.0 Å². The summed E-state index contributed by atoms with van der Waals surface area (Å²) in [6.07, 6.45) is -3.28. The highest BCUT2D eigenvalue weighted by molar-refractivity contribution is 5.97. The first kappa shape index (κ1) is 17.3. The zero-order valence-electron chi connectivity index (χ0n) is 12.6. The predicted molar refractivity (Wildman–Crippen MR) is 79.4 cm³/mol. The second kappa shape index (κ2) is 7.04. The quantitative estimate of drug-likeness (QED) is 0.471. The molecule has 0 saturated heterocycles. The topological polar surface area (TPSA) is 63.2 Å². The Morgan fingerprint density at radius 2 is 2.08 bits per heavy atom. The van der Waals surface area contributed by atoms with Gasteiger partial charge in [0.1, 0.15) is 23.2 Å². The van der Waals surface area contributed by atoms with Gasteiger partial charge in [0.25, 0.3) is 0 Å². The molecule has 0 bridgehead atoms. The van der Waals surface area contributed by atoms with Gasteiger partial charge in [-0.1, -0.05) is 12.1 Å². The van der Waals surface area contributed by atoms with Crippen LogP contribution in [0.15, 0.2) is 46.4 Å². The lowest BCUT2D eigenvalue weighted by atomic mass is 10.1. The van der Waals surface area contributed by atoms with E-state index in [1.807, 2.05) is 0 Å². The fourth-order valence-electron chi connectivity index (χ4n) is 1.92. The van der Waals surface area contributed by atoms with Crippen molar-refractivity contribution in [2.75, 3.05) is 6.61 Å². The monoisotopic (exact) mass is 335 g/mol. The molecule has 0 unspecified atom stereocenters. The first-order valence-electron chi connectivity index (χ1n) is 6.91. The highest BCUT2D eigenvalue weighted by Crippen LogP contribution is 2.32. The molecule has 0 saturated carbocycles. The number of hydrogen-bond donors (Lipinski definition) is 0. The van der Waals surface area contributed by atoms with Crippen LogP contribution in [0.25, 0.3) is 17.4 Å². The first-order chi connectivity index (χ1) is 11.3. The van der Waals surface area contributed by atoms with E-state index in [-0.39, 0.29) is 29.3 Å². The lowest BCUT2D eigenvalue weighted by Crippen LogP contribution is -2.05. The van der Waals surface area contributed by atoms with Crippen molar-refractivity contribution in [3.8, 4) is 17.4 Å². The Morgan fingerprint density at radius 3 is 2.71 bits per heavy atom. The fourth-order valence-corrected chi connectivity index (χ4v) is 1.92. The summed E-state index contributed by atoms with van der Waals surface area (Å²) in [4.78, 5) is 11.5. The lowest BCUT2D eigenvalue weighted by Gasteiger charge is -2.07. The second-order valence-electron chi connectivity index (χ2n) is 4.67. The van der Waals surface area contributed by atoms with E-state index in [1.165, 1.54) is 30.3 Å². The molecule has 124 valence electrons. The molecule has 24 heavy (non-hydrogen) atoms. The molecule has 1 heterocycles. The van der Waals surface area contributed by atoms with Gasteiger partial charge in [0.2, 0.25) is 0 Å². The van der Waals surface area contributed by atoms with Crippen LogP contribution in [0.1, 0.15) is 18.2 Å². The smallest absolute Gasteiger partial charge is 0.416 e. The van der Waals surface area contributed by atoms with Gasteiger partial charge in [0.05, 0.1) is 12.2 Å². The van der Waals surface area contributed by atoms with Crippen LogP contribution in [0.3, 0.4) is 0 Å². The number of furan rings is 1.